The molecule has 26 heavy (non-hydrogen) atoms. The number of halogens is 1. The van der Waals surface area contributed by atoms with Crippen LogP contribution in [0.15, 0.2) is 20.9 Å². The summed E-state index contributed by atoms with van der Waals surface area (Å²) in [7, 11) is -3.23. The molecule has 2 N–H and O–H groups in total. The van der Waals surface area contributed by atoms with Crippen molar-refractivity contribution in [2.75, 3.05) is 18.8 Å². The second-order valence-corrected chi connectivity index (χ2v) is 8.59. The molecule has 0 spiro atoms. The Balaban J connectivity index is 2.19. The van der Waals surface area contributed by atoms with Gasteiger partial charge >= 0.3 is 5.69 Å². The Morgan fingerprint density at radius 2 is 2.35 bits per heavy atom. The van der Waals surface area contributed by atoms with E-state index in [-0.39, 0.29) is 18.6 Å². The van der Waals surface area contributed by atoms with E-state index in [0.717, 1.165) is 0 Å². The summed E-state index contributed by atoms with van der Waals surface area (Å²) >= 11 is 5.70. The zero-order valence-corrected chi connectivity index (χ0v) is 15.9. The second-order valence-electron chi connectivity index (χ2n) is 5.72. The summed E-state index contributed by atoms with van der Waals surface area (Å²) in [5, 5.41) is 6.36. The van der Waals surface area contributed by atoms with Crippen LogP contribution in [-0.4, -0.2) is 40.5 Å². The van der Waals surface area contributed by atoms with Crippen LogP contribution in [0, 0.1) is 6.92 Å². The van der Waals surface area contributed by atoms with E-state index >= 15 is 0 Å². The average molecular weight is 407 g/mol. The average Bonchev–Trinajstić information content (AvgIpc) is 3.00. The van der Waals surface area contributed by atoms with Gasteiger partial charge in [-0.25, -0.2) is 9.88 Å². The van der Waals surface area contributed by atoms with Gasteiger partial charge in [-0.3, -0.25) is 18.9 Å². The van der Waals surface area contributed by atoms with E-state index in [1.807, 2.05) is 0 Å². The number of hydrogen-bond donors (Lipinski definition) is 2. The van der Waals surface area contributed by atoms with E-state index in [1.54, 1.807) is 13.8 Å². The first-order valence-electron chi connectivity index (χ1n) is 7.90. The number of nitrogens with zero attached hydrogens (tertiary/aromatic N) is 4. The minimum Gasteiger partial charge on any atom is -0.352 e. The second kappa shape index (κ2) is 8.85. The molecule has 1 aliphatic heterocycles. The fourth-order valence-corrected chi connectivity index (χ4v) is 4.16. The van der Waals surface area contributed by atoms with Gasteiger partial charge in [0.25, 0.3) is 13.1 Å². The lowest BCUT2D eigenvalue weighted by molar-refractivity contribution is -0.0222. The van der Waals surface area contributed by atoms with Crippen molar-refractivity contribution in [3.05, 3.63) is 43.0 Å². The van der Waals surface area contributed by atoms with Gasteiger partial charge in [0.2, 0.25) is 0 Å². The molecule has 1 aliphatic rings. The number of aromatic nitrogens is 2. The smallest absolute Gasteiger partial charge is 0.330 e. The van der Waals surface area contributed by atoms with Gasteiger partial charge in [-0.05, 0) is 12.5 Å². The van der Waals surface area contributed by atoms with Crippen LogP contribution in [-0.2, 0) is 13.8 Å². The predicted molar refractivity (Wildman–Crippen MR) is 95.5 cm³/mol. The molecule has 1 aromatic heterocycles. The predicted octanol–water partition coefficient (Wildman–Crippen LogP) is 1.83. The highest BCUT2D eigenvalue weighted by Gasteiger charge is 2.38. The van der Waals surface area contributed by atoms with Crippen LogP contribution in [0.5, 0.6) is 0 Å². The summed E-state index contributed by atoms with van der Waals surface area (Å²) in [4.78, 5) is 28.5. The third-order valence-corrected chi connectivity index (χ3v) is 6.49. The van der Waals surface area contributed by atoms with Crippen molar-refractivity contribution >= 4 is 19.1 Å². The Morgan fingerprint density at radius 3 is 2.96 bits per heavy atom. The number of aromatic amines is 1. The maximum atomic E-state index is 12.4. The van der Waals surface area contributed by atoms with Crippen LogP contribution in [0.25, 0.3) is 10.4 Å². The molecule has 1 unspecified atom stereocenters. The molecule has 2 heterocycles. The Labute approximate surface area is 153 Å². The highest BCUT2D eigenvalue weighted by molar-refractivity contribution is 7.58. The third kappa shape index (κ3) is 4.76. The number of azide groups is 1. The normalized spacial score (nSPS) is 24.8. The van der Waals surface area contributed by atoms with Crippen LogP contribution in [0.2, 0.25) is 0 Å². The molecule has 1 aromatic rings. The molecule has 1 saturated heterocycles. The molecule has 144 valence electrons. The largest absolute Gasteiger partial charge is 0.352 e. The minimum absolute atomic E-state index is 0.131. The summed E-state index contributed by atoms with van der Waals surface area (Å²) in [5.41, 5.74) is 7.76. The van der Waals surface area contributed by atoms with Crippen molar-refractivity contribution in [3.63, 3.8) is 0 Å². The van der Waals surface area contributed by atoms with Gasteiger partial charge in [0.05, 0.1) is 18.8 Å². The van der Waals surface area contributed by atoms with Gasteiger partial charge in [-0.2, -0.15) is 0 Å². The van der Waals surface area contributed by atoms with E-state index < -0.39 is 37.1 Å². The molecular formula is C13H20ClN6O5P. The van der Waals surface area contributed by atoms with Crippen LogP contribution < -0.4 is 16.3 Å². The highest BCUT2D eigenvalue weighted by atomic mass is 35.5. The molecule has 2 rings (SSSR count). The number of rotatable bonds is 8. The lowest BCUT2D eigenvalue weighted by Gasteiger charge is -2.21. The number of alkyl halides is 1. The molecule has 0 saturated carbocycles. The lowest BCUT2D eigenvalue weighted by atomic mass is 10.1. The van der Waals surface area contributed by atoms with Crippen molar-refractivity contribution in [1.82, 2.24) is 14.6 Å². The van der Waals surface area contributed by atoms with Gasteiger partial charge in [-0.15, -0.1) is 11.6 Å². The van der Waals surface area contributed by atoms with Gasteiger partial charge < -0.3 is 9.26 Å². The number of aryl methyl sites for hydroxylation is 1. The van der Waals surface area contributed by atoms with E-state index in [4.69, 9.17) is 26.4 Å². The Morgan fingerprint density at radius 1 is 1.62 bits per heavy atom. The minimum atomic E-state index is -3.23. The zero-order valence-electron chi connectivity index (χ0n) is 14.3. The number of nitrogens with one attached hydrogen (secondary N) is 2. The first-order valence-corrected chi connectivity index (χ1v) is 10.2. The molecule has 0 aromatic carbocycles. The van der Waals surface area contributed by atoms with E-state index in [1.165, 1.54) is 10.8 Å². The molecule has 0 amide bonds. The first kappa shape index (κ1) is 20.7. The fraction of sp³-hybridized carbons (Fsp3) is 0.692. The van der Waals surface area contributed by atoms with E-state index in [2.05, 4.69) is 20.1 Å². The van der Waals surface area contributed by atoms with Crippen molar-refractivity contribution in [3.8, 4) is 0 Å². The topological polar surface area (TPSA) is 151 Å². The lowest BCUT2D eigenvalue weighted by Crippen LogP contribution is -2.33. The molecule has 0 radical (unpaired) electrons. The maximum Gasteiger partial charge on any atom is 0.330 e. The maximum absolute atomic E-state index is 12.4. The van der Waals surface area contributed by atoms with Gasteiger partial charge in [0.15, 0.2) is 0 Å². The molecule has 0 bridgehead atoms. The summed E-state index contributed by atoms with van der Waals surface area (Å²) in [6, 6.07) is -0.630. The van der Waals surface area contributed by atoms with Crippen molar-refractivity contribution in [1.29, 1.82) is 0 Å². The summed E-state index contributed by atoms with van der Waals surface area (Å²) in [5.74, 6) is 0. The SMILES string of the molecule is CCNP(=O)(CCl)OC[C@H]1O[C@@H](n2cc(C)c(=O)[nH]c2=O)C[C@@H]1N=[N+]=[N-]. The van der Waals surface area contributed by atoms with Crippen LogP contribution in [0.3, 0.4) is 0 Å². The van der Waals surface area contributed by atoms with Crippen molar-refractivity contribution in [2.24, 2.45) is 5.11 Å². The van der Waals surface area contributed by atoms with Crippen molar-refractivity contribution in [2.45, 2.75) is 38.6 Å². The molecule has 4 atom stereocenters. The van der Waals surface area contributed by atoms with Gasteiger partial charge in [0, 0.05) is 29.6 Å². The fourth-order valence-electron chi connectivity index (χ4n) is 2.58. The van der Waals surface area contributed by atoms with Crippen LogP contribution in [0.4, 0.5) is 0 Å². The first-order chi connectivity index (χ1) is 12.3. The molecule has 1 fully saturated rings. The van der Waals surface area contributed by atoms with Crippen LogP contribution in [0.1, 0.15) is 25.1 Å². The van der Waals surface area contributed by atoms with Crippen molar-refractivity contribution < 1.29 is 13.8 Å². The Bertz CT molecular complexity index is 850. The van der Waals surface area contributed by atoms with Crippen LogP contribution >= 0.6 is 19.1 Å². The Hall–Kier alpha value is -1.61. The number of H-pyrrole nitrogens is 1. The summed E-state index contributed by atoms with van der Waals surface area (Å²) < 4.78 is 24.8. The zero-order chi connectivity index (χ0) is 19.3. The summed E-state index contributed by atoms with van der Waals surface area (Å²) in [6.07, 6.45) is 0.113. The van der Waals surface area contributed by atoms with E-state index in [9.17, 15) is 14.2 Å². The molecule has 13 heteroatoms. The number of ether oxygens (including phenoxy) is 1. The molecular weight excluding hydrogens is 387 g/mol. The van der Waals surface area contributed by atoms with Gasteiger partial charge in [-0.1, -0.05) is 12.0 Å². The molecule has 11 nitrogen and oxygen atoms in total. The third-order valence-electron chi connectivity index (χ3n) is 3.86. The molecule has 0 aliphatic carbocycles. The highest BCUT2D eigenvalue weighted by Crippen LogP contribution is 2.44. The summed E-state index contributed by atoms with van der Waals surface area (Å²) in [6.45, 7) is 3.60. The van der Waals surface area contributed by atoms with E-state index in [0.29, 0.717) is 12.1 Å². The Kier molecular flexibility index (Phi) is 7.05. The quantitative estimate of drug-likeness (QED) is 0.221. The number of hydrogen-bond acceptors (Lipinski definition) is 6. The standard InChI is InChI=1S/C13H20ClN6O5P/c1-3-16-26(23,7-14)24-6-10-9(18-19-15)4-11(25-10)20-5-8(2)12(21)17-13(20)22/h5,9-11H,3-4,6-7H2,1-2H3,(H,16,23)(H,17,21,22)/t9-,10+,11+,26?/m0/s1. The van der Waals surface area contributed by atoms with Gasteiger partial charge in [0.1, 0.15) is 11.8 Å². The monoisotopic (exact) mass is 406 g/mol.